The molecule has 0 saturated heterocycles. The van der Waals surface area contributed by atoms with Gasteiger partial charge in [0.25, 0.3) is 8.32 Å². The summed E-state index contributed by atoms with van der Waals surface area (Å²) in [6.07, 6.45) is 2.10. The maximum Gasteiger partial charge on any atom is 0.500 e. The second-order valence-electron chi connectivity index (χ2n) is 3.01. The molecule has 10 heavy (non-hydrogen) atoms. The predicted octanol–water partition coefficient (Wildman–Crippen LogP) is 2.77. The van der Waals surface area contributed by atoms with Gasteiger partial charge in [0.2, 0.25) is 0 Å². The fourth-order valence-electron chi connectivity index (χ4n) is 0.448. The van der Waals surface area contributed by atoms with E-state index >= 15 is 0 Å². The highest BCUT2D eigenvalue weighted by atomic mass is 31.1. The Hall–Kier alpha value is 0.0169. The zero-order chi connectivity index (χ0) is 8.20. The van der Waals surface area contributed by atoms with Crippen molar-refractivity contribution in [2.24, 2.45) is 0 Å². The molecule has 0 saturated carbocycles. The lowest BCUT2D eigenvalue weighted by molar-refractivity contribution is 0.507. The van der Waals surface area contributed by atoms with Crippen LogP contribution in [-0.4, -0.2) is 14.5 Å². The van der Waals surface area contributed by atoms with E-state index < -0.39 is 16.3 Å². The highest BCUT2D eigenvalue weighted by Gasteiger charge is 2.28. The Morgan fingerprint density at radius 2 is 2.10 bits per heavy atom. The number of rotatable bonds is 4. The van der Waals surface area contributed by atoms with Gasteiger partial charge in [0.1, 0.15) is 0 Å². The van der Waals surface area contributed by atoms with Gasteiger partial charge in [-0.1, -0.05) is 6.58 Å². The molecule has 2 nitrogen and oxygen atoms in total. The Bertz CT molecular complexity index is 139. The van der Waals surface area contributed by atoms with Crippen LogP contribution in [0.1, 0.15) is 0 Å². The smallest absolute Gasteiger partial charge is 0.202 e. The summed E-state index contributed by atoms with van der Waals surface area (Å²) < 4.78 is 16.2. The lowest BCUT2D eigenvalue weighted by Crippen LogP contribution is -2.21. The summed E-state index contributed by atoms with van der Waals surface area (Å²) in [7, 11) is -3.06. The minimum atomic E-state index is -1.59. The highest BCUT2D eigenvalue weighted by molar-refractivity contribution is 7.41. The van der Waals surface area contributed by atoms with Gasteiger partial charge in [0, 0.05) is 0 Å². The fraction of sp³-hybridized carbons (Fsp3) is 0.667. The van der Waals surface area contributed by atoms with E-state index in [1.165, 1.54) is 0 Å². The molecule has 0 heterocycles. The number of hydrogen-bond acceptors (Lipinski definition) is 2. The third kappa shape index (κ3) is 6.14. The quantitative estimate of drug-likeness (QED) is 0.375. The zero-order valence-electron chi connectivity index (χ0n) is 6.76. The monoisotopic (exact) mass is 177 g/mol. The van der Waals surface area contributed by atoms with Crippen LogP contribution >= 0.6 is 8.03 Å². The molecule has 0 rings (SSSR count). The van der Waals surface area contributed by atoms with Crippen LogP contribution in [0.15, 0.2) is 12.7 Å². The standard InChI is InChI=1S/C6H14O2PSi/c1-5-6-9(7)8-10(2,3)4/h5H,1,6H2,2-4H3/q+1. The molecule has 0 aromatic carbocycles. The first-order chi connectivity index (χ1) is 4.45. The van der Waals surface area contributed by atoms with E-state index in [-0.39, 0.29) is 0 Å². The Labute approximate surface area is 64.3 Å². The van der Waals surface area contributed by atoms with Crippen molar-refractivity contribution in [2.45, 2.75) is 19.6 Å². The van der Waals surface area contributed by atoms with Crippen molar-refractivity contribution in [3.8, 4) is 0 Å². The fourth-order valence-corrected chi connectivity index (χ4v) is 3.40. The first-order valence-electron chi connectivity index (χ1n) is 3.20. The van der Waals surface area contributed by atoms with Crippen molar-refractivity contribution in [1.82, 2.24) is 0 Å². The lowest BCUT2D eigenvalue weighted by Gasteiger charge is -2.04. The predicted molar refractivity (Wildman–Crippen MR) is 47.1 cm³/mol. The Morgan fingerprint density at radius 1 is 1.60 bits per heavy atom. The summed E-state index contributed by atoms with van der Waals surface area (Å²) in [6, 6.07) is 0. The van der Waals surface area contributed by atoms with Crippen molar-refractivity contribution < 1.29 is 8.78 Å². The third-order valence-electron chi connectivity index (χ3n) is 0.654. The largest absolute Gasteiger partial charge is 0.500 e. The van der Waals surface area contributed by atoms with Crippen molar-refractivity contribution in [3.63, 3.8) is 0 Å². The van der Waals surface area contributed by atoms with Gasteiger partial charge >= 0.3 is 8.03 Å². The van der Waals surface area contributed by atoms with Gasteiger partial charge < -0.3 is 0 Å². The molecular weight excluding hydrogens is 163 g/mol. The van der Waals surface area contributed by atoms with Gasteiger partial charge in [-0.3, -0.25) is 0 Å². The van der Waals surface area contributed by atoms with Crippen molar-refractivity contribution in [1.29, 1.82) is 0 Å². The minimum absolute atomic E-state index is 0.472. The van der Waals surface area contributed by atoms with Crippen LogP contribution in [-0.2, 0) is 8.78 Å². The maximum atomic E-state index is 10.9. The second-order valence-corrected chi connectivity index (χ2v) is 8.99. The molecule has 0 amide bonds. The van der Waals surface area contributed by atoms with Crippen LogP contribution < -0.4 is 0 Å². The van der Waals surface area contributed by atoms with Crippen LogP contribution in [0.2, 0.25) is 19.6 Å². The van der Waals surface area contributed by atoms with Gasteiger partial charge in [0.05, 0.1) is 0 Å². The summed E-state index contributed by atoms with van der Waals surface area (Å²) >= 11 is 0. The summed E-state index contributed by atoms with van der Waals surface area (Å²) in [6.45, 7) is 9.53. The average Bonchev–Trinajstić information content (AvgIpc) is 1.59. The molecule has 0 radical (unpaired) electrons. The third-order valence-corrected chi connectivity index (χ3v) is 4.22. The molecule has 0 aliphatic heterocycles. The highest BCUT2D eigenvalue weighted by Crippen LogP contribution is 2.27. The lowest BCUT2D eigenvalue weighted by atomic mass is 10.8. The van der Waals surface area contributed by atoms with E-state index in [9.17, 15) is 4.57 Å². The summed E-state index contributed by atoms with van der Waals surface area (Å²) in [5, 5.41) is 0. The second kappa shape index (κ2) is 4.01. The van der Waals surface area contributed by atoms with E-state index in [1.54, 1.807) is 6.08 Å². The Kier molecular flexibility index (Phi) is 4.02. The van der Waals surface area contributed by atoms with Gasteiger partial charge in [-0.15, -0.1) is 0 Å². The van der Waals surface area contributed by atoms with Crippen LogP contribution in [0.4, 0.5) is 0 Å². The van der Waals surface area contributed by atoms with Crippen LogP contribution in [0, 0.1) is 0 Å². The molecule has 0 N–H and O–H groups in total. The van der Waals surface area contributed by atoms with Crippen molar-refractivity contribution >= 4 is 16.3 Å². The molecule has 0 aromatic rings. The van der Waals surface area contributed by atoms with Crippen LogP contribution in [0.5, 0.6) is 0 Å². The van der Waals surface area contributed by atoms with Gasteiger partial charge in [-0.25, -0.2) is 4.21 Å². The normalized spacial score (nSPS) is 12.9. The van der Waals surface area contributed by atoms with Crippen LogP contribution in [0.25, 0.3) is 0 Å². The first kappa shape index (κ1) is 10.0. The van der Waals surface area contributed by atoms with E-state index in [4.69, 9.17) is 4.21 Å². The van der Waals surface area contributed by atoms with E-state index in [0.717, 1.165) is 0 Å². The van der Waals surface area contributed by atoms with Gasteiger partial charge in [-0.05, 0) is 30.3 Å². The first-order valence-corrected chi connectivity index (χ1v) is 7.97. The molecule has 1 atom stereocenters. The van der Waals surface area contributed by atoms with Crippen LogP contribution in [0.3, 0.4) is 0 Å². The summed E-state index contributed by atoms with van der Waals surface area (Å²) in [4.78, 5) is 0. The summed E-state index contributed by atoms with van der Waals surface area (Å²) in [5.41, 5.74) is 0. The van der Waals surface area contributed by atoms with E-state index in [2.05, 4.69) is 6.58 Å². The minimum Gasteiger partial charge on any atom is -0.202 e. The Balaban J connectivity index is 3.68. The molecule has 0 aromatic heterocycles. The van der Waals surface area contributed by atoms with Crippen molar-refractivity contribution in [2.75, 3.05) is 6.16 Å². The van der Waals surface area contributed by atoms with Gasteiger partial charge in [-0.2, -0.15) is 0 Å². The molecule has 0 aliphatic rings. The van der Waals surface area contributed by atoms with E-state index in [1.807, 2.05) is 19.6 Å². The number of hydrogen-bond donors (Lipinski definition) is 0. The van der Waals surface area contributed by atoms with Crippen molar-refractivity contribution in [3.05, 3.63) is 12.7 Å². The maximum absolute atomic E-state index is 10.9. The molecule has 58 valence electrons. The van der Waals surface area contributed by atoms with E-state index in [0.29, 0.717) is 6.16 Å². The SMILES string of the molecule is C=CC[P+](=O)O[Si](C)(C)C. The molecule has 0 aliphatic carbocycles. The number of allylic oxidation sites excluding steroid dienone is 1. The topological polar surface area (TPSA) is 26.3 Å². The zero-order valence-corrected chi connectivity index (χ0v) is 8.65. The molecule has 4 heteroatoms. The molecule has 0 bridgehead atoms. The van der Waals surface area contributed by atoms with Gasteiger partial charge in [0.15, 0.2) is 6.16 Å². The summed E-state index contributed by atoms with van der Waals surface area (Å²) in [5.74, 6) is 0. The molecular formula is C6H14O2PSi+. The molecule has 0 spiro atoms. The molecule has 0 fully saturated rings. The average molecular weight is 177 g/mol. The Morgan fingerprint density at radius 3 is 2.40 bits per heavy atom. The molecule has 1 unspecified atom stereocenters.